The van der Waals surface area contributed by atoms with E-state index in [0.29, 0.717) is 32.7 Å². The molecule has 0 bridgehead atoms. The Morgan fingerprint density at radius 3 is 2.75 bits per heavy atom. The Bertz CT molecular complexity index is 273. The molecule has 6 heteroatoms. The van der Waals surface area contributed by atoms with Crippen LogP contribution in [0.2, 0.25) is 0 Å². The molecule has 1 amide bonds. The van der Waals surface area contributed by atoms with Gasteiger partial charge in [0.2, 0.25) is 5.91 Å². The molecule has 16 heavy (non-hydrogen) atoms. The number of carbonyl (C=O) groups excluding carboxylic acids is 1. The maximum atomic E-state index is 12.9. The van der Waals surface area contributed by atoms with Crippen LogP contribution in [0.15, 0.2) is 0 Å². The molecular weight excluding hydrogens is 216 g/mol. The molecule has 2 saturated heterocycles. The predicted octanol–water partition coefficient (Wildman–Crippen LogP) is -0.241. The second kappa shape index (κ2) is 4.63. The summed E-state index contributed by atoms with van der Waals surface area (Å²) in [6, 6.07) is 0. The largest absolute Gasteiger partial charge is 0.339 e. The van der Waals surface area contributed by atoms with E-state index in [-0.39, 0.29) is 18.9 Å². The quantitative estimate of drug-likeness (QED) is 0.730. The molecule has 2 aliphatic rings. The Balaban J connectivity index is 1.73. The van der Waals surface area contributed by atoms with Crippen LogP contribution in [-0.2, 0) is 4.79 Å². The van der Waals surface area contributed by atoms with Crippen LogP contribution in [-0.4, -0.2) is 67.4 Å². The lowest BCUT2D eigenvalue weighted by Gasteiger charge is -2.29. The standard InChI is InChI=1S/C10H17F2N3O/c11-10(12)1-3-14(8-10)5-6-15-4-2-13-7-9(15)16/h13H,1-8H2. The summed E-state index contributed by atoms with van der Waals surface area (Å²) in [5.74, 6) is -2.47. The van der Waals surface area contributed by atoms with Crippen molar-refractivity contribution in [3.8, 4) is 0 Å². The molecule has 0 aromatic carbocycles. The second-order valence-electron chi connectivity index (χ2n) is 4.44. The number of amides is 1. The lowest BCUT2D eigenvalue weighted by Crippen LogP contribution is -2.50. The van der Waals surface area contributed by atoms with Crippen LogP contribution in [0.25, 0.3) is 0 Å². The van der Waals surface area contributed by atoms with Crippen molar-refractivity contribution < 1.29 is 13.6 Å². The van der Waals surface area contributed by atoms with Gasteiger partial charge in [-0.05, 0) is 0 Å². The highest BCUT2D eigenvalue weighted by molar-refractivity contribution is 5.78. The highest BCUT2D eigenvalue weighted by atomic mass is 19.3. The zero-order valence-corrected chi connectivity index (χ0v) is 9.22. The van der Waals surface area contributed by atoms with Gasteiger partial charge in [0.05, 0.1) is 13.1 Å². The van der Waals surface area contributed by atoms with Gasteiger partial charge in [-0.1, -0.05) is 0 Å². The van der Waals surface area contributed by atoms with E-state index >= 15 is 0 Å². The van der Waals surface area contributed by atoms with Gasteiger partial charge in [-0.25, -0.2) is 8.78 Å². The summed E-state index contributed by atoms with van der Waals surface area (Å²) in [6.07, 6.45) is -0.0531. The fourth-order valence-corrected chi connectivity index (χ4v) is 2.14. The highest BCUT2D eigenvalue weighted by Crippen LogP contribution is 2.26. The molecule has 2 heterocycles. The summed E-state index contributed by atoms with van der Waals surface area (Å²) in [5.41, 5.74) is 0. The van der Waals surface area contributed by atoms with E-state index in [9.17, 15) is 13.6 Å². The van der Waals surface area contributed by atoms with E-state index in [1.807, 2.05) is 0 Å². The summed E-state index contributed by atoms with van der Waals surface area (Å²) in [4.78, 5) is 14.9. The van der Waals surface area contributed by atoms with E-state index in [2.05, 4.69) is 5.32 Å². The van der Waals surface area contributed by atoms with Crippen LogP contribution in [0.3, 0.4) is 0 Å². The van der Waals surface area contributed by atoms with Gasteiger partial charge in [0.25, 0.3) is 5.92 Å². The fourth-order valence-electron chi connectivity index (χ4n) is 2.14. The van der Waals surface area contributed by atoms with E-state index in [4.69, 9.17) is 0 Å². The number of halogens is 2. The number of alkyl halides is 2. The first-order valence-corrected chi connectivity index (χ1v) is 5.65. The van der Waals surface area contributed by atoms with Gasteiger partial charge in [0.15, 0.2) is 0 Å². The Morgan fingerprint density at radius 2 is 2.12 bits per heavy atom. The van der Waals surface area contributed by atoms with Gasteiger partial charge in [0, 0.05) is 39.1 Å². The number of hydrogen-bond acceptors (Lipinski definition) is 3. The van der Waals surface area contributed by atoms with Crippen molar-refractivity contribution in [1.29, 1.82) is 0 Å². The molecule has 0 spiro atoms. The molecule has 1 N–H and O–H groups in total. The van der Waals surface area contributed by atoms with Crippen LogP contribution >= 0.6 is 0 Å². The molecule has 0 saturated carbocycles. The van der Waals surface area contributed by atoms with Crippen LogP contribution in [0, 0.1) is 0 Å². The highest BCUT2D eigenvalue weighted by Gasteiger charge is 2.38. The minimum atomic E-state index is -2.53. The minimum Gasteiger partial charge on any atom is -0.339 e. The third kappa shape index (κ3) is 2.89. The van der Waals surface area contributed by atoms with Crippen molar-refractivity contribution in [2.75, 3.05) is 45.8 Å². The van der Waals surface area contributed by atoms with Crippen LogP contribution in [0.4, 0.5) is 8.78 Å². The predicted molar refractivity (Wildman–Crippen MR) is 55.5 cm³/mol. The first-order valence-electron chi connectivity index (χ1n) is 5.65. The molecule has 4 nitrogen and oxygen atoms in total. The second-order valence-corrected chi connectivity index (χ2v) is 4.44. The van der Waals surface area contributed by atoms with Gasteiger partial charge in [-0.3, -0.25) is 9.69 Å². The molecular formula is C10H17F2N3O. The summed E-state index contributed by atoms with van der Waals surface area (Å²) < 4.78 is 25.8. The van der Waals surface area contributed by atoms with Crippen molar-refractivity contribution >= 4 is 5.91 Å². The Hall–Kier alpha value is -0.750. The van der Waals surface area contributed by atoms with Crippen molar-refractivity contribution in [3.05, 3.63) is 0 Å². The van der Waals surface area contributed by atoms with Crippen molar-refractivity contribution in [2.24, 2.45) is 0 Å². The van der Waals surface area contributed by atoms with E-state index in [1.54, 1.807) is 9.80 Å². The fraction of sp³-hybridized carbons (Fsp3) is 0.900. The number of hydrogen-bond donors (Lipinski definition) is 1. The Morgan fingerprint density at radius 1 is 1.31 bits per heavy atom. The molecule has 0 unspecified atom stereocenters. The first-order chi connectivity index (χ1) is 7.57. The molecule has 0 atom stereocenters. The number of likely N-dealkylation sites (tertiary alicyclic amines) is 1. The lowest BCUT2D eigenvalue weighted by atomic mass is 10.3. The molecule has 0 aromatic rings. The summed E-state index contributed by atoms with van der Waals surface area (Å²) in [7, 11) is 0. The van der Waals surface area contributed by atoms with E-state index in [1.165, 1.54) is 0 Å². The number of rotatable bonds is 3. The van der Waals surface area contributed by atoms with Crippen LogP contribution in [0.1, 0.15) is 6.42 Å². The van der Waals surface area contributed by atoms with Gasteiger partial charge < -0.3 is 10.2 Å². The van der Waals surface area contributed by atoms with Crippen LogP contribution < -0.4 is 5.32 Å². The van der Waals surface area contributed by atoms with E-state index < -0.39 is 5.92 Å². The smallest absolute Gasteiger partial charge is 0.261 e. The maximum Gasteiger partial charge on any atom is 0.261 e. The number of piperazine rings is 1. The molecule has 2 rings (SSSR count). The maximum absolute atomic E-state index is 12.9. The Kier molecular flexibility index (Phi) is 3.39. The van der Waals surface area contributed by atoms with Crippen molar-refractivity contribution in [2.45, 2.75) is 12.3 Å². The van der Waals surface area contributed by atoms with Crippen molar-refractivity contribution in [3.63, 3.8) is 0 Å². The van der Waals surface area contributed by atoms with Gasteiger partial charge >= 0.3 is 0 Å². The Labute approximate surface area is 93.6 Å². The van der Waals surface area contributed by atoms with Crippen molar-refractivity contribution in [1.82, 2.24) is 15.1 Å². The number of carbonyl (C=O) groups is 1. The van der Waals surface area contributed by atoms with Crippen LogP contribution in [0.5, 0.6) is 0 Å². The monoisotopic (exact) mass is 233 g/mol. The summed E-state index contributed by atoms with van der Waals surface area (Å²) in [5, 5.41) is 2.98. The number of nitrogens with one attached hydrogen (secondary N) is 1. The zero-order valence-electron chi connectivity index (χ0n) is 9.22. The SMILES string of the molecule is O=C1CNCCN1CCN1CCC(F)(F)C1. The molecule has 92 valence electrons. The average molecular weight is 233 g/mol. The van der Waals surface area contributed by atoms with Gasteiger partial charge in [-0.2, -0.15) is 0 Å². The first kappa shape index (κ1) is 11.7. The van der Waals surface area contributed by atoms with Gasteiger partial charge in [-0.15, -0.1) is 0 Å². The third-order valence-corrected chi connectivity index (χ3v) is 3.12. The summed E-state index contributed by atoms with van der Waals surface area (Å²) >= 11 is 0. The minimum absolute atomic E-state index is 0.0531. The molecule has 0 radical (unpaired) electrons. The number of nitrogens with zero attached hydrogens (tertiary/aromatic N) is 2. The third-order valence-electron chi connectivity index (χ3n) is 3.12. The topological polar surface area (TPSA) is 35.6 Å². The molecule has 0 aromatic heterocycles. The zero-order chi connectivity index (χ0) is 11.6. The molecule has 2 fully saturated rings. The normalized spacial score (nSPS) is 26.4. The van der Waals surface area contributed by atoms with Gasteiger partial charge in [0.1, 0.15) is 0 Å². The average Bonchev–Trinajstić information content (AvgIpc) is 2.57. The summed E-state index contributed by atoms with van der Waals surface area (Å²) in [6.45, 7) is 3.25. The van der Waals surface area contributed by atoms with E-state index in [0.717, 1.165) is 6.54 Å². The molecule has 0 aliphatic carbocycles. The molecule has 2 aliphatic heterocycles. The lowest BCUT2D eigenvalue weighted by molar-refractivity contribution is -0.132.